The Morgan fingerprint density at radius 2 is 2.37 bits per heavy atom. The van der Waals surface area contributed by atoms with Gasteiger partial charge in [0.15, 0.2) is 0 Å². The molecule has 0 aromatic heterocycles. The van der Waals surface area contributed by atoms with Crippen LogP contribution in [0.15, 0.2) is 12.1 Å². The number of ether oxygens (including phenoxy) is 1. The fourth-order valence-corrected chi connectivity index (χ4v) is 2.49. The van der Waals surface area contributed by atoms with Gasteiger partial charge in [-0.05, 0) is 18.6 Å². The summed E-state index contributed by atoms with van der Waals surface area (Å²) in [6.07, 6.45) is 0.921. The van der Waals surface area contributed by atoms with Gasteiger partial charge in [-0.25, -0.2) is 9.18 Å². The molecule has 5 nitrogen and oxygen atoms in total. The number of nitrogens with zero attached hydrogens (tertiary/aromatic N) is 1. The van der Waals surface area contributed by atoms with Crippen molar-refractivity contribution in [3.05, 3.63) is 23.5 Å². The van der Waals surface area contributed by atoms with E-state index in [1.807, 2.05) is 4.90 Å². The van der Waals surface area contributed by atoms with Gasteiger partial charge >= 0.3 is 5.97 Å². The highest BCUT2D eigenvalue weighted by atomic mass is 19.1. The first-order chi connectivity index (χ1) is 9.04. The van der Waals surface area contributed by atoms with Crippen LogP contribution < -0.4 is 10.6 Å². The lowest BCUT2D eigenvalue weighted by atomic mass is 10.1. The molecule has 0 saturated carbocycles. The van der Waals surface area contributed by atoms with Crippen molar-refractivity contribution in [2.75, 3.05) is 37.4 Å². The van der Waals surface area contributed by atoms with E-state index in [0.717, 1.165) is 13.0 Å². The molecule has 1 unspecified atom stereocenters. The van der Waals surface area contributed by atoms with E-state index in [-0.39, 0.29) is 11.3 Å². The summed E-state index contributed by atoms with van der Waals surface area (Å²) in [6.45, 7) is 2.05. The molecular formula is C13H17FN2O3. The topological polar surface area (TPSA) is 75.8 Å². The summed E-state index contributed by atoms with van der Waals surface area (Å²) in [5.41, 5.74) is 5.55. The van der Waals surface area contributed by atoms with Crippen LogP contribution in [0, 0.1) is 11.7 Å². The number of carboxylic acid groups (broad SMARTS) is 1. The zero-order valence-electron chi connectivity index (χ0n) is 10.7. The molecular weight excluding hydrogens is 251 g/mol. The van der Waals surface area contributed by atoms with Crippen LogP contribution in [0.2, 0.25) is 0 Å². The van der Waals surface area contributed by atoms with Crippen LogP contribution in [0.4, 0.5) is 15.8 Å². The van der Waals surface area contributed by atoms with Crippen molar-refractivity contribution in [1.29, 1.82) is 0 Å². The third kappa shape index (κ3) is 2.63. The molecule has 1 aliphatic heterocycles. The van der Waals surface area contributed by atoms with Crippen LogP contribution in [0.5, 0.6) is 0 Å². The molecule has 0 amide bonds. The number of carboxylic acids is 1. The number of hydrogen-bond acceptors (Lipinski definition) is 4. The maximum absolute atomic E-state index is 13.4. The number of methoxy groups -OCH3 is 1. The molecule has 0 radical (unpaired) electrons. The van der Waals surface area contributed by atoms with Gasteiger partial charge in [-0.3, -0.25) is 0 Å². The van der Waals surface area contributed by atoms with Gasteiger partial charge in [0.25, 0.3) is 0 Å². The number of anilines is 2. The second kappa shape index (κ2) is 5.44. The lowest BCUT2D eigenvalue weighted by Gasteiger charge is -2.21. The van der Waals surface area contributed by atoms with Gasteiger partial charge in [-0.1, -0.05) is 0 Å². The van der Waals surface area contributed by atoms with Crippen LogP contribution in [0.25, 0.3) is 0 Å². The Bertz CT molecular complexity index is 493. The highest BCUT2D eigenvalue weighted by Gasteiger charge is 2.27. The van der Waals surface area contributed by atoms with E-state index < -0.39 is 11.8 Å². The SMILES string of the molecule is COCC1CCN(c2ccc(F)c(N)c2C(=O)O)C1. The Morgan fingerprint density at radius 3 is 3.00 bits per heavy atom. The van der Waals surface area contributed by atoms with Crippen LogP contribution in [-0.4, -0.2) is 37.9 Å². The monoisotopic (exact) mass is 268 g/mol. The molecule has 6 heteroatoms. The van der Waals surface area contributed by atoms with E-state index in [0.29, 0.717) is 24.8 Å². The zero-order valence-corrected chi connectivity index (χ0v) is 10.7. The molecule has 104 valence electrons. The molecule has 2 rings (SSSR count). The van der Waals surface area contributed by atoms with Crippen molar-refractivity contribution >= 4 is 17.3 Å². The van der Waals surface area contributed by atoms with Gasteiger partial charge in [0.2, 0.25) is 0 Å². The van der Waals surface area contributed by atoms with Gasteiger partial charge in [-0.15, -0.1) is 0 Å². The fraction of sp³-hybridized carbons (Fsp3) is 0.462. The molecule has 1 aromatic carbocycles. The average molecular weight is 268 g/mol. The molecule has 1 atom stereocenters. The number of carbonyl (C=O) groups is 1. The molecule has 1 aromatic rings. The number of benzene rings is 1. The van der Waals surface area contributed by atoms with E-state index in [1.165, 1.54) is 12.1 Å². The Kier molecular flexibility index (Phi) is 3.90. The Labute approximate surface area is 110 Å². The maximum Gasteiger partial charge on any atom is 0.340 e. The highest BCUT2D eigenvalue weighted by molar-refractivity contribution is 6.00. The van der Waals surface area contributed by atoms with E-state index in [1.54, 1.807) is 7.11 Å². The smallest absolute Gasteiger partial charge is 0.340 e. The average Bonchev–Trinajstić information content (AvgIpc) is 2.81. The molecule has 0 aliphatic carbocycles. The van der Waals surface area contributed by atoms with Gasteiger partial charge in [0.05, 0.1) is 18.0 Å². The summed E-state index contributed by atoms with van der Waals surface area (Å²) in [4.78, 5) is 13.2. The highest BCUT2D eigenvalue weighted by Crippen LogP contribution is 2.32. The number of nitrogen functional groups attached to an aromatic ring is 1. The van der Waals surface area contributed by atoms with Crippen molar-refractivity contribution in [1.82, 2.24) is 0 Å². The molecule has 0 spiro atoms. The third-order valence-electron chi connectivity index (χ3n) is 3.41. The van der Waals surface area contributed by atoms with Crippen LogP contribution >= 0.6 is 0 Å². The minimum absolute atomic E-state index is 0.155. The number of halogens is 1. The van der Waals surface area contributed by atoms with Crippen LogP contribution in [-0.2, 0) is 4.74 Å². The maximum atomic E-state index is 13.4. The van der Waals surface area contributed by atoms with E-state index in [9.17, 15) is 14.3 Å². The Balaban J connectivity index is 2.31. The summed E-state index contributed by atoms with van der Waals surface area (Å²) in [6, 6.07) is 2.69. The molecule has 0 bridgehead atoms. The predicted octanol–water partition coefficient (Wildman–Crippen LogP) is 1.58. The normalized spacial score (nSPS) is 18.8. The number of rotatable bonds is 4. The van der Waals surface area contributed by atoms with Crippen molar-refractivity contribution in [3.8, 4) is 0 Å². The van der Waals surface area contributed by atoms with E-state index in [2.05, 4.69) is 0 Å². The van der Waals surface area contributed by atoms with Gasteiger partial charge in [0.1, 0.15) is 11.4 Å². The lowest BCUT2D eigenvalue weighted by Crippen LogP contribution is -2.24. The Hall–Kier alpha value is -1.82. The molecule has 19 heavy (non-hydrogen) atoms. The van der Waals surface area contributed by atoms with Crippen LogP contribution in [0.3, 0.4) is 0 Å². The number of hydrogen-bond donors (Lipinski definition) is 2. The first-order valence-corrected chi connectivity index (χ1v) is 6.09. The number of aromatic carboxylic acids is 1. The predicted molar refractivity (Wildman–Crippen MR) is 70.0 cm³/mol. The lowest BCUT2D eigenvalue weighted by molar-refractivity contribution is 0.0698. The quantitative estimate of drug-likeness (QED) is 0.811. The minimum atomic E-state index is -1.21. The largest absolute Gasteiger partial charge is 0.478 e. The Morgan fingerprint density at radius 1 is 1.63 bits per heavy atom. The zero-order chi connectivity index (χ0) is 14.0. The fourth-order valence-electron chi connectivity index (χ4n) is 2.49. The first-order valence-electron chi connectivity index (χ1n) is 6.09. The summed E-state index contributed by atoms with van der Waals surface area (Å²) in [7, 11) is 1.64. The second-order valence-corrected chi connectivity index (χ2v) is 4.72. The number of nitrogens with two attached hydrogens (primary N) is 1. The van der Waals surface area contributed by atoms with Crippen molar-refractivity contribution in [2.24, 2.45) is 5.92 Å². The summed E-state index contributed by atoms with van der Waals surface area (Å²) in [5, 5.41) is 9.20. The summed E-state index contributed by atoms with van der Waals surface area (Å²) >= 11 is 0. The second-order valence-electron chi connectivity index (χ2n) is 4.72. The molecule has 3 N–H and O–H groups in total. The van der Waals surface area contributed by atoms with Crippen molar-refractivity contribution in [3.63, 3.8) is 0 Å². The van der Waals surface area contributed by atoms with Crippen molar-refractivity contribution < 1.29 is 19.0 Å². The van der Waals surface area contributed by atoms with Gasteiger partial charge in [-0.2, -0.15) is 0 Å². The molecule has 1 saturated heterocycles. The minimum Gasteiger partial charge on any atom is -0.478 e. The van der Waals surface area contributed by atoms with E-state index >= 15 is 0 Å². The molecule has 1 fully saturated rings. The van der Waals surface area contributed by atoms with E-state index in [4.69, 9.17) is 10.5 Å². The first kappa shape index (κ1) is 13.6. The van der Waals surface area contributed by atoms with Gasteiger partial charge < -0.3 is 20.5 Å². The standard InChI is InChI=1S/C13H17FN2O3/c1-19-7-8-4-5-16(6-8)10-3-2-9(14)12(15)11(10)13(17)18/h2-3,8H,4-7,15H2,1H3,(H,17,18). The summed E-state index contributed by atoms with van der Waals surface area (Å²) in [5.74, 6) is -1.55. The van der Waals surface area contributed by atoms with Crippen molar-refractivity contribution in [2.45, 2.75) is 6.42 Å². The van der Waals surface area contributed by atoms with Gasteiger partial charge in [0, 0.05) is 26.1 Å². The third-order valence-corrected chi connectivity index (χ3v) is 3.41. The summed E-state index contributed by atoms with van der Waals surface area (Å²) < 4.78 is 18.5. The van der Waals surface area contributed by atoms with Crippen LogP contribution in [0.1, 0.15) is 16.8 Å². The molecule has 1 aliphatic rings. The molecule has 1 heterocycles.